The van der Waals surface area contributed by atoms with Gasteiger partial charge in [0.05, 0.1) is 11.1 Å². The molecule has 17 heavy (non-hydrogen) atoms. The summed E-state index contributed by atoms with van der Waals surface area (Å²) < 4.78 is 61.9. The molecule has 0 radical (unpaired) electrons. The number of pyridine rings is 1. The van der Waals surface area contributed by atoms with Crippen molar-refractivity contribution in [3.05, 3.63) is 27.5 Å². The molecular weight excluding hydrogens is 317 g/mol. The van der Waals surface area contributed by atoms with Crippen LogP contribution in [0.15, 0.2) is 10.7 Å². The molecular formula is C8H3BrF5NO2. The lowest BCUT2D eigenvalue weighted by atomic mass is 10.1. The molecule has 0 saturated carbocycles. The molecule has 94 valence electrons. The number of carboxylic acid groups (broad SMARTS) is 1. The topological polar surface area (TPSA) is 50.2 Å². The molecule has 3 nitrogen and oxygen atoms in total. The minimum absolute atomic E-state index is 0.404. The molecule has 0 saturated heterocycles. The van der Waals surface area contributed by atoms with Gasteiger partial charge in [-0.3, -0.25) is 0 Å². The summed E-state index contributed by atoms with van der Waals surface area (Å²) in [5, 5.41) is 8.57. The summed E-state index contributed by atoms with van der Waals surface area (Å²) >= 11 is 2.58. The van der Waals surface area contributed by atoms with Gasteiger partial charge in [0.25, 0.3) is 6.43 Å². The fraction of sp³-hybridized carbons (Fsp3) is 0.250. The maximum atomic E-state index is 12.5. The van der Waals surface area contributed by atoms with Gasteiger partial charge in [-0.05, 0) is 22.0 Å². The van der Waals surface area contributed by atoms with Crippen molar-refractivity contribution in [1.82, 2.24) is 4.98 Å². The molecule has 0 aliphatic heterocycles. The number of alkyl halides is 5. The third-order valence-electron chi connectivity index (χ3n) is 1.74. The van der Waals surface area contributed by atoms with E-state index in [1.54, 1.807) is 0 Å². The van der Waals surface area contributed by atoms with Gasteiger partial charge in [0.15, 0.2) is 0 Å². The Balaban J connectivity index is 3.66. The Morgan fingerprint density at radius 1 is 1.41 bits per heavy atom. The van der Waals surface area contributed by atoms with Crippen LogP contribution in [0, 0.1) is 0 Å². The molecule has 0 aliphatic carbocycles. The number of halogens is 6. The van der Waals surface area contributed by atoms with Gasteiger partial charge in [-0.15, -0.1) is 0 Å². The molecule has 0 atom stereocenters. The third-order valence-corrected chi connectivity index (χ3v) is 2.14. The minimum atomic E-state index is -5.22. The van der Waals surface area contributed by atoms with E-state index < -0.39 is 40.0 Å². The predicted octanol–water partition coefficient (Wildman–Crippen LogP) is 3.50. The first kappa shape index (κ1) is 13.8. The SMILES string of the molecule is O=C(O)c1cc(Br)nc(C(F)F)c1C(F)(F)F. The van der Waals surface area contributed by atoms with E-state index in [9.17, 15) is 26.7 Å². The molecule has 0 aliphatic rings. The van der Waals surface area contributed by atoms with Gasteiger partial charge in [0.2, 0.25) is 0 Å². The number of hydrogen-bond acceptors (Lipinski definition) is 2. The highest BCUT2D eigenvalue weighted by molar-refractivity contribution is 9.10. The van der Waals surface area contributed by atoms with E-state index in [1.165, 1.54) is 0 Å². The van der Waals surface area contributed by atoms with E-state index >= 15 is 0 Å². The lowest BCUT2D eigenvalue weighted by Gasteiger charge is -2.14. The number of carbonyl (C=O) groups is 1. The molecule has 0 bridgehead atoms. The molecule has 0 amide bonds. The first-order valence-electron chi connectivity index (χ1n) is 3.93. The van der Waals surface area contributed by atoms with Crippen molar-refractivity contribution >= 4 is 21.9 Å². The largest absolute Gasteiger partial charge is 0.478 e. The Kier molecular flexibility index (Phi) is 3.70. The van der Waals surface area contributed by atoms with Crippen LogP contribution in [0.1, 0.15) is 28.0 Å². The molecule has 9 heteroatoms. The Bertz CT molecular complexity index is 460. The second kappa shape index (κ2) is 4.55. The predicted molar refractivity (Wildman–Crippen MR) is 48.9 cm³/mol. The second-order valence-corrected chi connectivity index (χ2v) is 3.67. The highest BCUT2D eigenvalue weighted by atomic mass is 79.9. The summed E-state index contributed by atoms with van der Waals surface area (Å²) in [4.78, 5) is 13.6. The van der Waals surface area contributed by atoms with Gasteiger partial charge in [-0.1, -0.05) is 0 Å². The van der Waals surface area contributed by atoms with Crippen molar-refractivity contribution in [2.45, 2.75) is 12.6 Å². The number of nitrogens with zero attached hydrogens (tertiary/aromatic N) is 1. The Hall–Kier alpha value is -1.25. The highest BCUT2D eigenvalue weighted by Crippen LogP contribution is 2.38. The average Bonchev–Trinajstić information content (AvgIpc) is 2.14. The maximum Gasteiger partial charge on any atom is 0.419 e. The summed E-state index contributed by atoms with van der Waals surface area (Å²) in [7, 11) is 0. The van der Waals surface area contributed by atoms with E-state index in [-0.39, 0.29) is 0 Å². The van der Waals surface area contributed by atoms with Crippen LogP contribution in [0.3, 0.4) is 0 Å². The molecule has 1 aromatic heterocycles. The Morgan fingerprint density at radius 2 is 1.94 bits per heavy atom. The number of carboxylic acids is 1. The van der Waals surface area contributed by atoms with Crippen LogP contribution >= 0.6 is 15.9 Å². The summed E-state index contributed by atoms with van der Waals surface area (Å²) in [6.45, 7) is 0. The summed E-state index contributed by atoms with van der Waals surface area (Å²) in [5.41, 5.74) is -4.80. The van der Waals surface area contributed by atoms with Gasteiger partial charge in [0.1, 0.15) is 10.3 Å². The first-order chi connectivity index (χ1) is 7.64. The van der Waals surface area contributed by atoms with Gasteiger partial charge >= 0.3 is 12.1 Å². The van der Waals surface area contributed by atoms with Crippen LogP contribution in [0.5, 0.6) is 0 Å². The number of rotatable bonds is 2. The van der Waals surface area contributed by atoms with Crippen LogP contribution in [0.25, 0.3) is 0 Å². The van der Waals surface area contributed by atoms with Crippen LogP contribution < -0.4 is 0 Å². The van der Waals surface area contributed by atoms with E-state index in [0.29, 0.717) is 6.07 Å². The van der Waals surface area contributed by atoms with Crippen LogP contribution in [0.4, 0.5) is 22.0 Å². The van der Waals surface area contributed by atoms with Crippen LogP contribution in [-0.4, -0.2) is 16.1 Å². The van der Waals surface area contributed by atoms with Gasteiger partial charge in [-0.25, -0.2) is 18.6 Å². The van der Waals surface area contributed by atoms with Crippen molar-refractivity contribution in [3.8, 4) is 0 Å². The second-order valence-electron chi connectivity index (χ2n) is 2.86. The fourth-order valence-corrected chi connectivity index (χ4v) is 1.58. The van der Waals surface area contributed by atoms with Crippen molar-refractivity contribution in [2.24, 2.45) is 0 Å². The molecule has 0 fully saturated rings. The smallest absolute Gasteiger partial charge is 0.419 e. The lowest BCUT2D eigenvalue weighted by Crippen LogP contribution is -2.18. The highest BCUT2D eigenvalue weighted by Gasteiger charge is 2.41. The Labute approximate surface area is 99.4 Å². The summed E-state index contributed by atoms with van der Waals surface area (Å²) in [6.07, 6.45) is -8.74. The quantitative estimate of drug-likeness (QED) is 0.670. The lowest BCUT2D eigenvalue weighted by molar-refractivity contribution is -0.140. The molecule has 1 heterocycles. The molecule has 0 unspecified atom stereocenters. The van der Waals surface area contributed by atoms with Crippen LogP contribution in [0.2, 0.25) is 0 Å². The van der Waals surface area contributed by atoms with Crippen molar-refractivity contribution in [2.75, 3.05) is 0 Å². The standard InChI is InChI=1S/C8H3BrF5NO2/c9-3-1-2(7(16)17)4(8(12,13)14)5(15-3)6(10)11/h1,6H,(H,16,17). The number of aromatic carboxylic acids is 1. The molecule has 1 rings (SSSR count). The van der Waals surface area contributed by atoms with E-state index in [1.807, 2.05) is 0 Å². The minimum Gasteiger partial charge on any atom is -0.478 e. The maximum absolute atomic E-state index is 12.5. The van der Waals surface area contributed by atoms with E-state index in [4.69, 9.17) is 5.11 Å². The van der Waals surface area contributed by atoms with Crippen molar-refractivity contribution in [3.63, 3.8) is 0 Å². The van der Waals surface area contributed by atoms with Gasteiger partial charge in [0, 0.05) is 0 Å². The number of aromatic nitrogens is 1. The molecule has 0 aromatic carbocycles. The zero-order valence-corrected chi connectivity index (χ0v) is 9.31. The zero-order valence-electron chi connectivity index (χ0n) is 7.73. The summed E-state index contributed by atoms with van der Waals surface area (Å²) in [5.74, 6) is -1.96. The van der Waals surface area contributed by atoms with Gasteiger partial charge < -0.3 is 5.11 Å². The average molecular weight is 320 g/mol. The van der Waals surface area contributed by atoms with Crippen molar-refractivity contribution in [1.29, 1.82) is 0 Å². The van der Waals surface area contributed by atoms with E-state index in [2.05, 4.69) is 20.9 Å². The van der Waals surface area contributed by atoms with Crippen LogP contribution in [-0.2, 0) is 6.18 Å². The Morgan fingerprint density at radius 3 is 2.29 bits per heavy atom. The first-order valence-corrected chi connectivity index (χ1v) is 4.73. The summed E-state index contributed by atoms with van der Waals surface area (Å²) in [6, 6.07) is 0.525. The van der Waals surface area contributed by atoms with E-state index in [0.717, 1.165) is 0 Å². The molecule has 0 spiro atoms. The third kappa shape index (κ3) is 2.90. The monoisotopic (exact) mass is 319 g/mol. The normalized spacial score (nSPS) is 11.9. The fourth-order valence-electron chi connectivity index (χ4n) is 1.16. The van der Waals surface area contributed by atoms with Crippen molar-refractivity contribution < 1.29 is 31.9 Å². The molecule has 1 aromatic rings. The molecule has 1 N–H and O–H groups in total. The zero-order chi connectivity index (χ0) is 13.4. The van der Waals surface area contributed by atoms with Gasteiger partial charge in [-0.2, -0.15) is 13.2 Å². The number of hydrogen-bond donors (Lipinski definition) is 1.